The van der Waals surface area contributed by atoms with Crippen LogP contribution in [-0.2, 0) is 5.41 Å². The van der Waals surface area contributed by atoms with Crippen molar-refractivity contribution in [1.29, 1.82) is 0 Å². The molecule has 114 valence electrons. The molecule has 1 saturated heterocycles. The maximum absolute atomic E-state index is 4.77. The minimum atomic E-state index is 0.154. The van der Waals surface area contributed by atoms with Crippen LogP contribution < -0.4 is 5.32 Å². The topological polar surface area (TPSA) is 28.2 Å². The molecule has 0 saturated carbocycles. The predicted molar refractivity (Wildman–Crippen MR) is 87.6 cm³/mol. The van der Waals surface area contributed by atoms with Crippen molar-refractivity contribution >= 4 is 11.3 Å². The molecule has 4 heteroatoms. The number of aryl methyl sites for hydroxylation is 1. The van der Waals surface area contributed by atoms with Crippen molar-refractivity contribution in [3.05, 3.63) is 15.6 Å². The number of aromatic nitrogens is 1. The summed E-state index contributed by atoms with van der Waals surface area (Å²) in [5.74, 6) is 0.803. The lowest BCUT2D eigenvalue weighted by Crippen LogP contribution is -2.27. The van der Waals surface area contributed by atoms with Crippen LogP contribution in [0.2, 0.25) is 0 Å². The first-order valence-electron chi connectivity index (χ1n) is 7.67. The van der Waals surface area contributed by atoms with Gasteiger partial charge in [-0.3, -0.25) is 0 Å². The third-order valence-electron chi connectivity index (χ3n) is 4.07. The Labute approximate surface area is 127 Å². The molecule has 1 aliphatic heterocycles. The average Bonchev–Trinajstić information content (AvgIpc) is 2.92. The number of nitrogens with zero attached hydrogens (tertiary/aromatic N) is 2. The number of thiazole rings is 1. The van der Waals surface area contributed by atoms with Crippen molar-refractivity contribution in [3.63, 3.8) is 0 Å². The van der Waals surface area contributed by atoms with Crippen LogP contribution in [-0.4, -0.2) is 36.6 Å². The molecule has 0 aromatic carbocycles. The van der Waals surface area contributed by atoms with E-state index in [1.807, 2.05) is 11.3 Å². The highest BCUT2D eigenvalue weighted by Gasteiger charge is 2.24. The van der Waals surface area contributed by atoms with Crippen molar-refractivity contribution in [2.45, 2.75) is 52.5 Å². The minimum Gasteiger partial charge on any atom is -0.309 e. The molecule has 2 rings (SSSR count). The van der Waals surface area contributed by atoms with Gasteiger partial charge in [-0.1, -0.05) is 20.8 Å². The second-order valence-corrected chi connectivity index (χ2v) is 8.30. The summed E-state index contributed by atoms with van der Waals surface area (Å²) in [6, 6.07) is 0.412. The molecular formula is C16H29N3S. The molecule has 1 N–H and O–H groups in total. The lowest BCUT2D eigenvalue weighted by molar-refractivity contribution is 0.382. The van der Waals surface area contributed by atoms with Crippen molar-refractivity contribution < 1.29 is 0 Å². The molecule has 1 fully saturated rings. The van der Waals surface area contributed by atoms with E-state index in [0.29, 0.717) is 6.04 Å². The van der Waals surface area contributed by atoms with Crippen LogP contribution in [0.3, 0.4) is 0 Å². The average molecular weight is 295 g/mol. The minimum absolute atomic E-state index is 0.154. The van der Waals surface area contributed by atoms with Gasteiger partial charge in [-0.2, -0.15) is 0 Å². The van der Waals surface area contributed by atoms with Gasteiger partial charge in [0.2, 0.25) is 0 Å². The molecule has 0 spiro atoms. The molecule has 3 nitrogen and oxygen atoms in total. The molecule has 2 unspecified atom stereocenters. The van der Waals surface area contributed by atoms with E-state index < -0.39 is 0 Å². The second kappa shape index (κ2) is 6.12. The van der Waals surface area contributed by atoms with E-state index in [1.54, 1.807) is 0 Å². The zero-order valence-corrected chi connectivity index (χ0v) is 14.6. The fraction of sp³-hybridized carbons (Fsp3) is 0.812. The van der Waals surface area contributed by atoms with Gasteiger partial charge in [0.05, 0.1) is 10.7 Å². The standard InChI is InChI=1S/C16H29N3S/c1-11(17-9-13-7-8-19(6)10-13)14-12(2)18-15(20-14)16(3,4)5/h11,13,17H,7-10H2,1-6H3. The lowest BCUT2D eigenvalue weighted by atomic mass is 9.98. The summed E-state index contributed by atoms with van der Waals surface area (Å²) < 4.78 is 0. The Kier molecular flexibility index (Phi) is 4.88. The summed E-state index contributed by atoms with van der Waals surface area (Å²) in [5.41, 5.74) is 1.35. The summed E-state index contributed by atoms with van der Waals surface area (Å²) in [6.07, 6.45) is 1.32. The Morgan fingerprint density at radius 3 is 2.65 bits per heavy atom. The molecule has 0 radical (unpaired) electrons. The van der Waals surface area contributed by atoms with Gasteiger partial charge in [-0.15, -0.1) is 11.3 Å². The number of hydrogen-bond donors (Lipinski definition) is 1. The highest BCUT2D eigenvalue weighted by Crippen LogP contribution is 2.32. The molecular weight excluding hydrogens is 266 g/mol. The van der Waals surface area contributed by atoms with Crippen LogP contribution in [0.1, 0.15) is 55.7 Å². The number of rotatable bonds is 4. The van der Waals surface area contributed by atoms with E-state index in [2.05, 4.69) is 51.9 Å². The van der Waals surface area contributed by atoms with Crippen molar-refractivity contribution in [2.24, 2.45) is 5.92 Å². The van der Waals surface area contributed by atoms with Gasteiger partial charge in [0.15, 0.2) is 0 Å². The summed E-state index contributed by atoms with van der Waals surface area (Å²) >= 11 is 1.87. The first kappa shape index (κ1) is 15.9. The Hall–Kier alpha value is -0.450. The summed E-state index contributed by atoms with van der Waals surface area (Å²) in [5, 5.41) is 4.96. The molecule has 1 aromatic heterocycles. The fourth-order valence-corrected chi connectivity index (χ4v) is 3.91. The Morgan fingerprint density at radius 2 is 2.15 bits per heavy atom. The normalized spacial score (nSPS) is 22.4. The van der Waals surface area contributed by atoms with E-state index in [0.717, 1.165) is 12.5 Å². The number of likely N-dealkylation sites (tertiary alicyclic amines) is 1. The van der Waals surface area contributed by atoms with Crippen LogP contribution in [0.25, 0.3) is 0 Å². The first-order chi connectivity index (χ1) is 9.27. The molecule has 1 aromatic rings. The smallest absolute Gasteiger partial charge is 0.0985 e. The maximum atomic E-state index is 4.77. The first-order valence-corrected chi connectivity index (χ1v) is 8.48. The summed E-state index contributed by atoms with van der Waals surface area (Å²) in [6.45, 7) is 14.7. The van der Waals surface area contributed by atoms with Gasteiger partial charge in [0, 0.05) is 22.9 Å². The highest BCUT2D eigenvalue weighted by atomic mass is 32.1. The molecule has 0 aliphatic carbocycles. The Bertz CT molecular complexity index is 447. The third-order valence-corrected chi connectivity index (χ3v) is 5.83. The van der Waals surface area contributed by atoms with Gasteiger partial charge < -0.3 is 10.2 Å². The lowest BCUT2D eigenvalue weighted by Gasteiger charge is -2.17. The largest absolute Gasteiger partial charge is 0.309 e. The monoisotopic (exact) mass is 295 g/mol. The third kappa shape index (κ3) is 3.80. The van der Waals surface area contributed by atoms with Crippen molar-refractivity contribution in [1.82, 2.24) is 15.2 Å². The molecule has 0 bridgehead atoms. The van der Waals surface area contributed by atoms with Gasteiger partial charge in [-0.05, 0) is 46.3 Å². The molecule has 0 amide bonds. The Morgan fingerprint density at radius 1 is 1.45 bits per heavy atom. The predicted octanol–water partition coefficient (Wildman–Crippen LogP) is 3.35. The van der Waals surface area contributed by atoms with Crippen LogP contribution in [0.15, 0.2) is 0 Å². The van der Waals surface area contributed by atoms with Crippen molar-refractivity contribution in [3.8, 4) is 0 Å². The van der Waals surface area contributed by atoms with Crippen molar-refractivity contribution in [2.75, 3.05) is 26.7 Å². The van der Waals surface area contributed by atoms with Gasteiger partial charge in [0.1, 0.15) is 0 Å². The van der Waals surface area contributed by atoms with Gasteiger partial charge >= 0.3 is 0 Å². The van der Waals surface area contributed by atoms with Crippen LogP contribution in [0, 0.1) is 12.8 Å². The number of nitrogens with one attached hydrogen (secondary N) is 1. The van der Waals surface area contributed by atoms with Crippen LogP contribution in [0.4, 0.5) is 0 Å². The van der Waals surface area contributed by atoms with Gasteiger partial charge in [-0.25, -0.2) is 4.98 Å². The van der Waals surface area contributed by atoms with E-state index in [4.69, 9.17) is 4.98 Å². The number of hydrogen-bond acceptors (Lipinski definition) is 4. The second-order valence-electron chi connectivity index (χ2n) is 7.27. The summed E-state index contributed by atoms with van der Waals surface area (Å²) in [4.78, 5) is 8.59. The molecule has 1 aliphatic rings. The fourth-order valence-electron chi connectivity index (χ4n) is 2.76. The summed E-state index contributed by atoms with van der Waals surface area (Å²) in [7, 11) is 2.21. The zero-order valence-electron chi connectivity index (χ0n) is 13.8. The molecule has 20 heavy (non-hydrogen) atoms. The Balaban J connectivity index is 1.95. The molecule has 2 atom stereocenters. The maximum Gasteiger partial charge on any atom is 0.0985 e. The highest BCUT2D eigenvalue weighted by molar-refractivity contribution is 7.12. The van der Waals surface area contributed by atoms with Crippen LogP contribution in [0.5, 0.6) is 0 Å². The van der Waals surface area contributed by atoms with E-state index in [-0.39, 0.29) is 5.41 Å². The van der Waals surface area contributed by atoms with E-state index in [1.165, 1.54) is 35.1 Å². The SMILES string of the molecule is Cc1nc(C(C)(C)C)sc1C(C)NCC1CCN(C)C1. The quantitative estimate of drug-likeness (QED) is 0.923. The zero-order chi connectivity index (χ0) is 14.9. The molecule has 2 heterocycles. The van der Waals surface area contributed by atoms with E-state index >= 15 is 0 Å². The van der Waals surface area contributed by atoms with Crippen LogP contribution >= 0.6 is 11.3 Å². The van der Waals surface area contributed by atoms with E-state index in [9.17, 15) is 0 Å². The van der Waals surface area contributed by atoms with Gasteiger partial charge in [0.25, 0.3) is 0 Å².